The molecule has 1 rings (SSSR count). The second-order valence-electron chi connectivity index (χ2n) is 6.85. The van der Waals surface area contributed by atoms with Crippen LogP contribution in [0.2, 0.25) is 0 Å². The number of nitrogens with one attached hydrogen (secondary N) is 1. The highest BCUT2D eigenvalue weighted by Gasteiger charge is 2.36. The Morgan fingerprint density at radius 1 is 1.28 bits per heavy atom. The van der Waals surface area contributed by atoms with Gasteiger partial charge in [0.05, 0.1) is 6.61 Å². The van der Waals surface area contributed by atoms with Crippen LogP contribution < -0.4 is 5.32 Å². The molecule has 1 N–H and O–H groups in total. The van der Waals surface area contributed by atoms with Crippen molar-refractivity contribution in [2.75, 3.05) is 13.2 Å². The van der Waals surface area contributed by atoms with E-state index in [-0.39, 0.29) is 11.5 Å². The lowest BCUT2D eigenvalue weighted by atomic mass is 9.64. The van der Waals surface area contributed by atoms with Crippen LogP contribution >= 0.6 is 0 Å². The Morgan fingerprint density at radius 3 is 2.61 bits per heavy atom. The van der Waals surface area contributed by atoms with Gasteiger partial charge >= 0.3 is 6.09 Å². The van der Waals surface area contributed by atoms with Gasteiger partial charge in [0.25, 0.3) is 0 Å². The van der Waals surface area contributed by atoms with E-state index in [1.54, 1.807) is 0 Å². The molecule has 0 spiro atoms. The zero-order chi connectivity index (χ0) is 13.6. The van der Waals surface area contributed by atoms with Crippen molar-refractivity contribution >= 4 is 6.09 Å². The van der Waals surface area contributed by atoms with Crippen molar-refractivity contribution < 1.29 is 9.53 Å². The van der Waals surface area contributed by atoms with E-state index in [0.717, 1.165) is 19.4 Å². The van der Waals surface area contributed by atoms with Gasteiger partial charge in [0, 0.05) is 6.54 Å². The van der Waals surface area contributed by atoms with Gasteiger partial charge in [0.15, 0.2) is 0 Å². The highest BCUT2D eigenvalue weighted by Crippen LogP contribution is 2.45. The van der Waals surface area contributed by atoms with Gasteiger partial charge in [-0.05, 0) is 36.5 Å². The van der Waals surface area contributed by atoms with Crippen LogP contribution in [-0.4, -0.2) is 19.2 Å². The Bertz CT molecular complexity index is 276. The van der Waals surface area contributed by atoms with E-state index < -0.39 is 0 Å². The monoisotopic (exact) mass is 255 g/mol. The summed E-state index contributed by atoms with van der Waals surface area (Å²) >= 11 is 0. The molecule has 0 bridgehead atoms. The Labute approximate surface area is 112 Å². The largest absolute Gasteiger partial charge is 0.450 e. The van der Waals surface area contributed by atoms with Crippen LogP contribution in [0.25, 0.3) is 0 Å². The highest BCUT2D eigenvalue weighted by atomic mass is 16.5. The summed E-state index contributed by atoms with van der Waals surface area (Å²) < 4.78 is 5.12. The van der Waals surface area contributed by atoms with Crippen molar-refractivity contribution in [3.63, 3.8) is 0 Å². The molecule has 1 atom stereocenters. The summed E-state index contributed by atoms with van der Waals surface area (Å²) in [4.78, 5) is 11.5. The minimum Gasteiger partial charge on any atom is -0.450 e. The Balaban J connectivity index is 2.30. The van der Waals surface area contributed by atoms with Crippen LogP contribution in [0.15, 0.2) is 0 Å². The molecule has 0 aromatic rings. The topological polar surface area (TPSA) is 38.3 Å². The fourth-order valence-corrected chi connectivity index (χ4v) is 3.12. The summed E-state index contributed by atoms with van der Waals surface area (Å²) in [5.41, 5.74) is 0.631. The molecular weight excluding hydrogens is 226 g/mol. The molecule has 1 amide bonds. The summed E-state index contributed by atoms with van der Waals surface area (Å²) in [6.45, 7) is 10.3. The number of ether oxygens (including phenoxy) is 1. The first-order valence-corrected chi connectivity index (χ1v) is 7.28. The fourth-order valence-electron chi connectivity index (χ4n) is 3.12. The van der Waals surface area contributed by atoms with Gasteiger partial charge < -0.3 is 10.1 Å². The van der Waals surface area contributed by atoms with Gasteiger partial charge in [-0.2, -0.15) is 0 Å². The number of hydrogen-bond acceptors (Lipinski definition) is 2. The lowest BCUT2D eigenvalue weighted by molar-refractivity contribution is 0.0904. The molecule has 1 saturated carbocycles. The van der Waals surface area contributed by atoms with Crippen LogP contribution in [0.4, 0.5) is 4.79 Å². The quantitative estimate of drug-likeness (QED) is 0.750. The second-order valence-corrected chi connectivity index (χ2v) is 6.85. The maximum atomic E-state index is 11.5. The van der Waals surface area contributed by atoms with Gasteiger partial charge in [-0.15, -0.1) is 0 Å². The normalized spacial score (nSPS) is 26.7. The van der Waals surface area contributed by atoms with Gasteiger partial charge in [0.1, 0.15) is 0 Å². The van der Waals surface area contributed by atoms with Crippen molar-refractivity contribution in [1.82, 2.24) is 5.32 Å². The maximum Gasteiger partial charge on any atom is 0.407 e. The first kappa shape index (κ1) is 15.3. The molecule has 0 aromatic carbocycles. The minimum absolute atomic E-state index is 0.228. The molecule has 1 aliphatic carbocycles. The van der Waals surface area contributed by atoms with Crippen molar-refractivity contribution in [3.8, 4) is 0 Å². The standard InChI is InChI=1S/C15H29NO2/c1-5-6-10-18-13(17)16-12-15(4)9-7-8-14(2,3)11-15/h5-12H2,1-4H3,(H,16,17). The summed E-state index contributed by atoms with van der Waals surface area (Å²) in [5.74, 6) is 0. The number of alkyl carbamates (subject to hydrolysis) is 1. The number of carbonyl (C=O) groups excluding carboxylic acids is 1. The van der Waals surface area contributed by atoms with Crippen LogP contribution in [0.5, 0.6) is 0 Å². The van der Waals surface area contributed by atoms with Gasteiger partial charge in [-0.25, -0.2) is 4.79 Å². The fraction of sp³-hybridized carbons (Fsp3) is 0.933. The van der Waals surface area contributed by atoms with E-state index in [1.165, 1.54) is 25.7 Å². The Hall–Kier alpha value is -0.730. The SMILES string of the molecule is CCCCOC(=O)NCC1(C)CCCC(C)(C)C1. The van der Waals surface area contributed by atoms with Gasteiger partial charge in [0.2, 0.25) is 0 Å². The molecule has 106 valence electrons. The number of amides is 1. The van der Waals surface area contributed by atoms with Gasteiger partial charge in [-0.1, -0.05) is 40.5 Å². The van der Waals surface area contributed by atoms with E-state index in [0.29, 0.717) is 12.0 Å². The number of unbranched alkanes of at least 4 members (excludes halogenated alkanes) is 1. The Kier molecular flexibility index (Phi) is 5.48. The molecular formula is C15H29NO2. The van der Waals surface area contributed by atoms with Crippen molar-refractivity contribution in [2.24, 2.45) is 10.8 Å². The lowest BCUT2D eigenvalue weighted by Crippen LogP contribution is -2.41. The first-order chi connectivity index (χ1) is 8.37. The highest BCUT2D eigenvalue weighted by molar-refractivity contribution is 5.67. The molecule has 0 radical (unpaired) electrons. The zero-order valence-corrected chi connectivity index (χ0v) is 12.5. The first-order valence-electron chi connectivity index (χ1n) is 7.28. The molecule has 1 fully saturated rings. The van der Waals surface area contributed by atoms with Crippen LogP contribution in [0.1, 0.15) is 66.2 Å². The summed E-state index contributed by atoms with van der Waals surface area (Å²) in [6, 6.07) is 0. The van der Waals surface area contributed by atoms with Crippen LogP contribution in [0, 0.1) is 10.8 Å². The van der Waals surface area contributed by atoms with E-state index in [2.05, 4.69) is 33.0 Å². The van der Waals surface area contributed by atoms with E-state index in [9.17, 15) is 4.79 Å². The van der Waals surface area contributed by atoms with Gasteiger partial charge in [-0.3, -0.25) is 0 Å². The Morgan fingerprint density at radius 2 is 2.00 bits per heavy atom. The van der Waals surface area contributed by atoms with Crippen molar-refractivity contribution in [2.45, 2.75) is 66.2 Å². The molecule has 0 heterocycles. The lowest BCUT2D eigenvalue weighted by Gasteiger charge is -2.42. The summed E-state index contributed by atoms with van der Waals surface area (Å²) in [5, 5.41) is 2.93. The maximum absolute atomic E-state index is 11.5. The number of hydrogen-bond donors (Lipinski definition) is 1. The third-order valence-electron chi connectivity index (χ3n) is 3.93. The molecule has 0 saturated heterocycles. The molecule has 1 aliphatic rings. The third-order valence-corrected chi connectivity index (χ3v) is 3.93. The van der Waals surface area contributed by atoms with Crippen molar-refractivity contribution in [1.29, 1.82) is 0 Å². The van der Waals surface area contributed by atoms with Crippen LogP contribution in [0.3, 0.4) is 0 Å². The molecule has 3 heteroatoms. The molecule has 1 unspecified atom stereocenters. The summed E-state index contributed by atoms with van der Waals surface area (Å²) in [6.07, 6.45) is 6.67. The number of carbonyl (C=O) groups is 1. The average Bonchev–Trinajstić information content (AvgIpc) is 2.25. The van der Waals surface area contributed by atoms with Crippen LogP contribution in [-0.2, 0) is 4.74 Å². The molecule has 3 nitrogen and oxygen atoms in total. The summed E-state index contributed by atoms with van der Waals surface area (Å²) in [7, 11) is 0. The predicted octanol–water partition coefficient (Wildman–Crippen LogP) is 4.12. The third kappa shape index (κ3) is 5.28. The van der Waals surface area contributed by atoms with E-state index >= 15 is 0 Å². The minimum atomic E-state index is -0.256. The average molecular weight is 255 g/mol. The van der Waals surface area contributed by atoms with E-state index in [1.807, 2.05) is 0 Å². The molecule has 0 aliphatic heterocycles. The molecule has 0 aromatic heterocycles. The zero-order valence-electron chi connectivity index (χ0n) is 12.5. The predicted molar refractivity (Wildman–Crippen MR) is 74.6 cm³/mol. The second kappa shape index (κ2) is 6.44. The van der Waals surface area contributed by atoms with Crippen molar-refractivity contribution in [3.05, 3.63) is 0 Å². The molecule has 18 heavy (non-hydrogen) atoms. The number of rotatable bonds is 5. The smallest absolute Gasteiger partial charge is 0.407 e. The van der Waals surface area contributed by atoms with E-state index in [4.69, 9.17) is 4.74 Å².